The predicted octanol–water partition coefficient (Wildman–Crippen LogP) is 0.550. The fraction of sp³-hybridized carbons (Fsp3) is 0.250. The molecule has 3 aromatic rings. The highest BCUT2D eigenvalue weighted by Crippen LogP contribution is 2.21. The highest BCUT2D eigenvalue weighted by molar-refractivity contribution is 5.89. The SMILES string of the molecule is CCc1ccc(-c2[nH]c(=O)nc3c2c(=O)n(C)c(=O)n3C)cc1. The average molecular weight is 312 g/mol. The highest BCUT2D eigenvalue weighted by atomic mass is 16.2. The van der Waals surface area contributed by atoms with Crippen molar-refractivity contribution in [3.05, 3.63) is 61.2 Å². The summed E-state index contributed by atoms with van der Waals surface area (Å²) < 4.78 is 2.21. The minimum atomic E-state index is -0.602. The molecular weight excluding hydrogens is 296 g/mol. The molecule has 0 amide bonds. The number of H-pyrrole nitrogens is 1. The number of benzene rings is 1. The molecule has 1 aromatic carbocycles. The van der Waals surface area contributed by atoms with Crippen LogP contribution in [0.1, 0.15) is 12.5 Å². The van der Waals surface area contributed by atoms with Crippen LogP contribution in [-0.4, -0.2) is 19.1 Å². The molecule has 0 aliphatic carbocycles. The third-order valence-electron chi connectivity index (χ3n) is 3.97. The first kappa shape index (κ1) is 15.0. The Labute approximate surface area is 130 Å². The van der Waals surface area contributed by atoms with Gasteiger partial charge < -0.3 is 4.98 Å². The van der Waals surface area contributed by atoms with Gasteiger partial charge in [0.15, 0.2) is 5.65 Å². The van der Waals surface area contributed by atoms with Crippen LogP contribution in [-0.2, 0) is 20.5 Å². The number of hydrogen-bond acceptors (Lipinski definition) is 4. The van der Waals surface area contributed by atoms with Crippen LogP contribution >= 0.6 is 0 Å². The van der Waals surface area contributed by atoms with Gasteiger partial charge in [0.05, 0.1) is 5.69 Å². The molecule has 0 saturated heterocycles. The van der Waals surface area contributed by atoms with Gasteiger partial charge in [0.1, 0.15) is 5.39 Å². The van der Waals surface area contributed by atoms with E-state index in [1.54, 1.807) is 0 Å². The van der Waals surface area contributed by atoms with Crippen molar-refractivity contribution in [2.75, 3.05) is 0 Å². The van der Waals surface area contributed by atoms with E-state index >= 15 is 0 Å². The Morgan fingerprint density at radius 1 is 1.04 bits per heavy atom. The predicted molar refractivity (Wildman–Crippen MR) is 87.7 cm³/mol. The maximum Gasteiger partial charge on any atom is 0.347 e. The minimum absolute atomic E-state index is 0.0800. The molecule has 2 aromatic heterocycles. The monoisotopic (exact) mass is 312 g/mol. The van der Waals surface area contributed by atoms with Crippen molar-refractivity contribution in [2.45, 2.75) is 13.3 Å². The van der Waals surface area contributed by atoms with Crippen LogP contribution in [0, 0.1) is 0 Å². The van der Waals surface area contributed by atoms with E-state index in [9.17, 15) is 14.4 Å². The van der Waals surface area contributed by atoms with Crippen molar-refractivity contribution in [1.29, 1.82) is 0 Å². The van der Waals surface area contributed by atoms with Crippen LogP contribution in [0.3, 0.4) is 0 Å². The smallest absolute Gasteiger partial charge is 0.304 e. The summed E-state index contributed by atoms with van der Waals surface area (Å²) in [5, 5.41) is 0.221. The van der Waals surface area contributed by atoms with E-state index in [0.29, 0.717) is 11.3 Å². The number of aromatic nitrogens is 4. The van der Waals surface area contributed by atoms with Gasteiger partial charge in [-0.3, -0.25) is 13.9 Å². The lowest BCUT2D eigenvalue weighted by Crippen LogP contribution is -2.38. The summed E-state index contributed by atoms with van der Waals surface area (Å²) in [6.07, 6.45) is 0.893. The molecule has 23 heavy (non-hydrogen) atoms. The number of rotatable bonds is 2. The standard InChI is InChI=1S/C16H16N4O3/c1-4-9-5-7-10(8-6-9)12-11-13(18-15(22)17-12)19(2)16(23)20(3)14(11)21/h5-8H,4H2,1-3H3,(H,17,18,22). The zero-order chi connectivity index (χ0) is 16.7. The maximum absolute atomic E-state index is 12.5. The molecule has 0 fully saturated rings. The maximum atomic E-state index is 12.5. The number of nitrogens with one attached hydrogen (secondary N) is 1. The lowest BCUT2D eigenvalue weighted by molar-refractivity contribution is 0.705. The van der Waals surface area contributed by atoms with Crippen molar-refractivity contribution in [3.8, 4) is 11.3 Å². The molecule has 0 spiro atoms. The van der Waals surface area contributed by atoms with E-state index in [1.807, 2.05) is 31.2 Å². The summed E-state index contributed by atoms with van der Waals surface area (Å²) in [6, 6.07) is 7.56. The molecule has 0 atom stereocenters. The Hall–Kier alpha value is -2.96. The van der Waals surface area contributed by atoms with Gasteiger partial charge in [0, 0.05) is 14.1 Å². The third-order valence-corrected chi connectivity index (χ3v) is 3.97. The van der Waals surface area contributed by atoms with Gasteiger partial charge in [-0.2, -0.15) is 4.98 Å². The van der Waals surface area contributed by atoms with Crippen molar-refractivity contribution >= 4 is 11.0 Å². The lowest BCUT2D eigenvalue weighted by Gasteiger charge is -2.10. The van der Waals surface area contributed by atoms with Crippen LogP contribution in [0.25, 0.3) is 22.3 Å². The molecule has 2 heterocycles. The molecule has 0 aliphatic rings. The van der Waals surface area contributed by atoms with Gasteiger partial charge in [-0.05, 0) is 17.5 Å². The van der Waals surface area contributed by atoms with E-state index in [1.165, 1.54) is 18.7 Å². The molecule has 0 aliphatic heterocycles. The number of hydrogen-bond donors (Lipinski definition) is 1. The van der Waals surface area contributed by atoms with Gasteiger partial charge >= 0.3 is 11.4 Å². The van der Waals surface area contributed by atoms with E-state index in [0.717, 1.165) is 16.6 Å². The van der Waals surface area contributed by atoms with Gasteiger partial charge in [-0.25, -0.2) is 9.59 Å². The zero-order valence-electron chi connectivity index (χ0n) is 13.1. The number of aryl methyl sites for hydroxylation is 2. The topological polar surface area (TPSA) is 89.8 Å². The molecular formula is C16H16N4O3. The first-order chi connectivity index (χ1) is 10.9. The van der Waals surface area contributed by atoms with Crippen LogP contribution < -0.4 is 16.9 Å². The first-order valence-corrected chi connectivity index (χ1v) is 7.23. The summed E-state index contributed by atoms with van der Waals surface area (Å²) in [6.45, 7) is 2.05. The van der Waals surface area contributed by atoms with Crippen molar-refractivity contribution < 1.29 is 0 Å². The molecule has 0 radical (unpaired) electrons. The number of fused-ring (bicyclic) bond motifs is 1. The fourth-order valence-electron chi connectivity index (χ4n) is 2.60. The summed E-state index contributed by atoms with van der Waals surface area (Å²) >= 11 is 0. The zero-order valence-corrected chi connectivity index (χ0v) is 13.1. The van der Waals surface area contributed by atoms with Gasteiger partial charge in [0.2, 0.25) is 0 Å². The second-order valence-electron chi connectivity index (χ2n) is 5.37. The molecule has 118 valence electrons. The Bertz CT molecular complexity index is 1070. The lowest BCUT2D eigenvalue weighted by atomic mass is 10.1. The quantitative estimate of drug-likeness (QED) is 0.748. The largest absolute Gasteiger partial charge is 0.347 e. The summed E-state index contributed by atoms with van der Waals surface area (Å²) in [5.74, 6) is 0. The second-order valence-corrected chi connectivity index (χ2v) is 5.37. The van der Waals surface area contributed by atoms with E-state index in [2.05, 4.69) is 9.97 Å². The third kappa shape index (κ3) is 2.30. The Balaban J connectivity index is 2.48. The molecule has 3 rings (SSSR count). The van der Waals surface area contributed by atoms with Crippen LogP contribution in [0.15, 0.2) is 38.6 Å². The highest BCUT2D eigenvalue weighted by Gasteiger charge is 2.16. The average Bonchev–Trinajstić information content (AvgIpc) is 2.57. The van der Waals surface area contributed by atoms with E-state index in [4.69, 9.17) is 0 Å². The van der Waals surface area contributed by atoms with Crippen LogP contribution in [0.5, 0.6) is 0 Å². The second kappa shape index (κ2) is 5.35. The molecule has 0 saturated carbocycles. The summed E-state index contributed by atoms with van der Waals surface area (Å²) in [5.41, 5.74) is 0.692. The molecule has 1 N–H and O–H groups in total. The molecule has 0 bridgehead atoms. The van der Waals surface area contributed by atoms with E-state index < -0.39 is 16.9 Å². The normalized spacial score (nSPS) is 11.1. The molecule has 7 heteroatoms. The van der Waals surface area contributed by atoms with Gasteiger partial charge in [-0.1, -0.05) is 31.2 Å². The summed E-state index contributed by atoms with van der Waals surface area (Å²) in [7, 11) is 2.89. The fourth-order valence-corrected chi connectivity index (χ4v) is 2.60. The Morgan fingerprint density at radius 2 is 1.70 bits per heavy atom. The molecule has 7 nitrogen and oxygen atoms in total. The van der Waals surface area contributed by atoms with Gasteiger partial charge in [0.25, 0.3) is 5.56 Å². The first-order valence-electron chi connectivity index (χ1n) is 7.23. The van der Waals surface area contributed by atoms with Crippen LogP contribution in [0.4, 0.5) is 0 Å². The van der Waals surface area contributed by atoms with Crippen LogP contribution in [0.2, 0.25) is 0 Å². The minimum Gasteiger partial charge on any atom is -0.304 e. The Kier molecular flexibility index (Phi) is 3.48. The van der Waals surface area contributed by atoms with Gasteiger partial charge in [-0.15, -0.1) is 0 Å². The van der Waals surface area contributed by atoms with E-state index in [-0.39, 0.29) is 11.0 Å². The molecule has 0 unspecified atom stereocenters. The summed E-state index contributed by atoms with van der Waals surface area (Å²) in [4.78, 5) is 42.8. The van der Waals surface area contributed by atoms with Crippen molar-refractivity contribution in [2.24, 2.45) is 14.1 Å². The van der Waals surface area contributed by atoms with Crippen molar-refractivity contribution in [1.82, 2.24) is 19.1 Å². The van der Waals surface area contributed by atoms with Crippen molar-refractivity contribution in [3.63, 3.8) is 0 Å². The number of nitrogens with zero attached hydrogens (tertiary/aromatic N) is 3. The Morgan fingerprint density at radius 3 is 2.30 bits per heavy atom. The number of aromatic amines is 1.